The van der Waals surface area contributed by atoms with E-state index < -0.39 is 0 Å². The van der Waals surface area contributed by atoms with E-state index in [2.05, 4.69) is 25.6 Å². The van der Waals surface area contributed by atoms with Crippen molar-refractivity contribution in [2.24, 2.45) is 17.8 Å². The van der Waals surface area contributed by atoms with Crippen molar-refractivity contribution in [3.63, 3.8) is 0 Å². The molecule has 3 saturated carbocycles. The van der Waals surface area contributed by atoms with Crippen LogP contribution in [0.4, 0.5) is 11.6 Å². The van der Waals surface area contributed by atoms with Crippen LogP contribution in [0.15, 0.2) is 42.9 Å². The molecule has 4 fully saturated rings. The van der Waals surface area contributed by atoms with Gasteiger partial charge in [0, 0.05) is 42.5 Å². The predicted molar refractivity (Wildman–Crippen MR) is 145 cm³/mol. The average Bonchev–Trinajstić information content (AvgIpc) is 3.69. The number of nitriles is 1. The first-order valence-corrected chi connectivity index (χ1v) is 13.7. The smallest absolute Gasteiger partial charge is 0.252 e. The largest absolute Gasteiger partial charge is 0.342 e. The number of nitrogens with zero attached hydrogens (tertiary/aromatic N) is 6. The number of nitrogens with one attached hydrogen (secondary N) is 2. The number of aryl methyl sites for hydroxylation is 1. The molecule has 200 valence electrons. The maximum Gasteiger partial charge on any atom is 0.252 e. The zero-order valence-corrected chi connectivity index (χ0v) is 22.0. The molecule has 1 atom stereocenters. The third-order valence-electron chi connectivity index (χ3n) is 8.47. The van der Waals surface area contributed by atoms with E-state index in [9.17, 15) is 9.59 Å². The van der Waals surface area contributed by atoms with E-state index in [1.165, 1.54) is 12.8 Å². The fourth-order valence-electron chi connectivity index (χ4n) is 6.27. The Balaban J connectivity index is 1.07. The molecule has 7 rings (SSSR count). The summed E-state index contributed by atoms with van der Waals surface area (Å²) in [7, 11) is 0. The molecular weight excluding hydrogens is 492 g/mol. The minimum atomic E-state index is -0.288. The topological polar surface area (TPSA) is 129 Å². The number of piperidine rings is 1. The number of anilines is 2. The van der Waals surface area contributed by atoms with Gasteiger partial charge >= 0.3 is 0 Å². The van der Waals surface area contributed by atoms with E-state index >= 15 is 0 Å². The molecule has 1 aromatic carbocycles. The van der Waals surface area contributed by atoms with Gasteiger partial charge in [-0.15, -0.1) is 0 Å². The number of rotatable bonds is 7. The highest BCUT2D eigenvalue weighted by atomic mass is 16.2. The van der Waals surface area contributed by atoms with Crippen LogP contribution < -0.4 is 10.6 Å². The monoisotopic (exact) mass is 524 g/mol. The van der Waals surface area contributed by atoms with Gasteiger partial charge in [-0.1, -0.05) is 12.1 Å². The first-order chi connectivity index (χ1) is 19.0. The minimum Gasteiger partial charge on any atom is -0.342 e. The molecular formula is C29H32N8O2. The fraction of sp³-hybridized carbons (Fsp3) is 0.448. The number of hydrogen-bond donors (Lipinski definition) is 2. The maximum absolute atomic E-state index is 13.0. The molecule has 10 heteroatoms. The highest BCUT2D eigenvalue weighted by molar-refractivity contribution is 5.94. The lowest BCUT2D eigenvalue weighted by molar-refractivity contribution is -0.137. The van der Waals surface area contributed by atoms with Crippen LogP contribution >= 0.6 is 0 Å². The predicted octanol–water partition coefficient (Wildman–Crippen LogP) is 3.86. The van der Waals surface area contributed by atoms with Crippen molar-refractivity contribution in [3.05, 3.63) is 54.0 Å². The Morgan fingerprint density at radius 1 is 1.10 bits per heavy atom. The van der Waals surface area contributed by atoms with Gasteiger partial charge in [0.2, 0.25) is 11.9 Å². The summed E-state index contributed by atoms with van der Waals surface area (Å²) >= 11 is 0. The Labute approximate surface area is 227 Å². The van der Waals surface area contributed by atoms with Crippen LogP contribution in [0.5, 0.6) is 0 Å². The number of fused-ring (bicyclic) bond motifs is 1. The van der Waals surface area contributed by atoms with Gasteiger partial charge in [-0.05, 0) is 68.6 Å². The average molecular weight is 525 g/mol. The third kappa shape index (κ3) is 5.09. The molecule has 0 spiro atoms. The summed E-state index contributed by atoms with van der Waals surface area (Å²) in [5.41, 5.74) is 3.83. The van der Waals surface area contributed by atoms with Crippen molar-refractivity contribution >= 4 is 23.5 Å². The van der Waals surface area contributed by atoms with Crippen molar-refractivity contribution < 1.29 is 9.59 Å². The molecule has 1 aliphatic heterocycles. The van der Waals surface area contributed by atoms with E-state index in [-0.39, 0.29) is 24.4 Å². The second-order valence-corrected chi connectivity index (χ2v) is 11.0. The Kier molecular flexibility index (Phi) is 6.73. The van der Waals surface area contributed by atoms with E-state index in [1.54, 1.807) is 24.5 Å². The number of benzene rings is 1. The van der Waals surface area contributed by atoms with Gasteiger partial charge in [-0.25, -0.2) is 9.97 Å². The minimum absolute atomic E-state index is 0.0305. The SMILES string of the molecule is Cc1cnc(Nc2cnn(C3CCN(C(=O)C4CC5CC4C5)CC3)c2)nc1-c1ccc(C(=O)NCC#N)cc1. The van der Waals surface area contributed by atoms with E-state index in [4.69, 9.17) is 10.2 Å². The van der Waals surface area contributed by atoms with Crippen LogP contribution in [-0.4, -0.2) is 56.1 Å². The number of carbonyl (C=O) groups is 2. The third-order valence-corrected chi connectivity index (χ3v) is 8.47. The normalized spacial score (nSPS) is 22.2. The summed E-state index contributed by atoms with van der Waals surface area (Å²) < 4.78 is 1.99. The Morgan fingerprint density at radius 3 is 2.56 bits per heavy atom. The zero-order valence-electron chi connectivity index (χ0n) is 22.0. The Morgan fingerprint density at radius 2 is 1.87 bits per heavy atom. The van der Waals surface area contributed by atoms with Gasteiger partial charge in [-0.3, -0.25) is 14.3 Å². The van der Waals surface area contributed by atoms with E-state index in [0.717, 1.165) is 60.8 Å². The standard InChI is InChI=1S/C29H32N8O2/c1-18-15-32-29(35-26(18)20-2-4-21(5-3-20)27(38)31-9-8-30)34-23-16-33-37(17-23)24-6-10-36(11-7-24)28(39)25-14-19-12-22(25)13-19/h2-5,15-17,19,22,24-25H,6-7,9-14H2,1H3,(H,31,38)(H,32,34,35). The summed E-state index contributed by atoms with van der Waals surface area (Å²) in [6.45, 7) is 3.50. The molecule has 3 heterocycles. The molecule has 0 radical (unpaired) electrons. The number of likely N-dealkylation sites (tertiary alicyclic amines) is 1. The first kappa shape index (κ1) is 25.0. The maximum atomic E-state index is 13.0. The van der Waals surface area contributed by atoms with Crippen LogP contribution in [0, 0.1) is 36.0 Å². The van der Waals surface area contributed by atoms with Crippen LogP contribution in [0.3, 0.4) is 0 Å². The van der Waals surface area contributed by atoms with Gasteiger partial charge in [0.05, 0.1) is 29.7 Å². The van der Waals surface area contributed by atoms with Crippen molar-refractivity contribution in [1.82, 2.24) is 30.0 Å². The van der Waals surface area contributed by atoms with Crippen LogP contribution in [-0.2, 0) is 4.79 Å². The van der Waals surface area contributed by atoms with Crippen molar-refractivity contribution in [1.29, 1.82) is 5.26 Å². The molecule has 10 nitrogen and oxygen atoms in total. The molecule has 3 aliphatic carbocycles. The lowest BCUT2D eigenvalue weighted by atomic mass is 9.82. The highest BCUT2D eigenvalue weighted by Gasteiger charge is 2.48. The molecule has 4 aliphatic rings. The summed E-state index contributed by atoms with van der Waals surface area (Å²) in [5.74, 6) is 2.28. The molecule has 39 heavy (non-hydrogen) atoms. The fourth-order valence-corrected chi connectivity index (χ4v) is 6.27. The van der Waals surface area contributed by atoms with Crippen molar-refractivity contribution in [2.45, 2.75) is 45.1 Å². The van der Waals surface area contributed by atoms with Crippen LogP contribution in [0.2, 0.25) is 0 Å². The molecule has 2 aromatic heterocycles. The second kappa shape index (κ2) is 10.5. The van der Waals surface area contributed by atoms with Crippen LogP contribution in [0.1, 0.15) is 54.1 Å². The summed E-state index contributed by atoms with van der Waals surface area (Å²) in [6.07, 6.45) is 11.0. The summed E-state index contributed by atoms with van der Waals surface area (Å²) in [6, 6.07) is 9.28. The van der Waals surface area contributed by atoms with E-state index in [0.29, 0.717) is 23.3 Å². The molecule has 2 N–H and O–H groups in total. The second-order valence-electron chi connectivity index (χ2n) is 11.0. The quantitative estimate of drug-likeness (QED) is 0.449. The lowest BCUT2D eigenvalue weighted by Crippen LogP contribution is -2.42. The van der Waals surface area contributed by atoms with Gasteiger partial charge < -0.3 is 15.5 Å². The van der Waals surface area contributed by atoms with Crippen molar-refractivity contribution in [3.8, 4) is 17.3 Å². The van der Waals surface area contributed by atoms with Gasteiger partial charge in [0.15, 0.2) is 0 Å². The highest BCUT2D eigenvalue weighted by Crippen LogP contribution is 2.53. The van der Waals surface area contributed by atoms with Gasteiger partial charge in [0.25, 0.3) is 5.91 Å². The molecule has 3 aromatic rings. The Bertz CT molecular complexity index is 1410. The molecule has 2 amide bonds. The van der Waals surface area contributed by atoms with Crippen molar-refractivity contribution in [2.75, 3.05) is 25.0 Å². The Hall–Kier alpha value is -4.26. The number of aromatic nitrogens is 4. The van der Waals surface area contributed by atoms with Gasteiger partial charge in [-0.2, -0.15) is 10.4 Å². The molecule has 1 saturated heterocycles. The summed E-state index contributed by atoms with van der Waals surface area (Å²) in [5, 5.41) is 19.0. The van der Waals surface area contributed by atoms with E-state index in [1.807, 2.05) is 36.0 Å². The molecule has 1 unspecified atom stereocenters. The zero-order chi connectivity index (χ0) is 26.9. The summed E-state index contributed by atoms with van der Waals surface area (Å²) in [4.78, 5) is 36.3. The van der Waals surface area contributed by atoms with Crippen LogP contribution in [0.25, 0.3) is 11.3 Å². The number of carbonyl (C=O) groups excluding carboxylic acids is 2. The lowest BCUT2D eigenvalue weighted by Gasteiger charge is -2.34. The molecule has 2 bridgehead atoms. The number of amides is 2. The van der Waals surface area contributed by atoms with Gasteiger partial charge in [0.1, 0.15) is 6.54 Å². The number of hydrogen-bond acceptors (Lipinski definition) is 7. The first-order valence-electron chi connectivity index (χ1n) is 13.7.